The fraction of sp³-hybridized carbons (Fsp3) is 0.526. The van der Waals surface area contributed by atoms with E-state index in [2.05, 4.69) is 15.2 Å². The van der Waals surface area contributed by atoms with Gasteiger partial charge in [0.2, 0.25) is 15.9 Å². The van der Waals surface area contributed by atoms with Crippen LogP contribution in [0.1, 0.15) is 19.3 Å². The molecule has 10 heteroatoms. The van der Waals surface area contributed by atoms with Crippen molar-refractivity contribution in [3.63, 3.8) is 0 Å². The molecule has 0 spiro atoms. The summed E-state index contributed by atoms with van der Waals surface area (Å²) in [6, 6.07) is 5.59. The molecule has 1 atom stereocenters. The fourth-order valence-electron chi connectivity index (χ4n) is 3.78. The molecule has 0 unspecified atom stereocenters. The van der Waals surface area contributed by atoms with Crippen LogP contribution in [-0.2, 0) is 14.8 Å². The molecule has 2 aliphatic heterocycles. The van der Waals surface area contributed by atoms with Crippen molar-refractivity contribution in [1.82, 2.24) is 24.4 Å². The van der Waals surface area contributed by atoms with Gasteiger partial charge in [0.15, 0.2) is 0 Å². The van der Waals surface area contributed by atoms with Crippen molar-refractivity contribution in [1.29, 1.82) is 0 Å². The molecule has 4 heterocycles. The lowest BCUT2D eigenvalue weighted by Crippen LogP contribution is -2.46. The Morgan fingerprint density at radius 1 is 1.24 bits per heavy atom. The number of sulfonamides is 1. The van der Waals surface area contributed by atoms with E-state index in [1.807, 2.05) is 18.2 Å². The first-order valence-electron chi connectivity index (χ1n) is 9.85. The molecule has 0 saturated carbocycles. The minimum Gasteiger partial charge on any atom is -0.492 e. The highest BCUT2D eigenvalue weighted by atomic mass is 32.2. The van der Waals surface area contributed by atoms with Crippen molar-refractivity contribution >= 4 is 15.9 Å². The third kappa shape index (κ3) is 4.76. The van der Waals surface area contributed by atoms with Gasteiger partial charge in [0, 0.05) is 31.7 Å². The maximum Gasteiger partial charge on any atom is 0.237 e. The Morgan fingerprint density at radius 2 is 2.14 bits per heavy atom. The van der Waals surface area contributed by atoms with Gasteiger partial charge in [-0.2, -0.15) is 9.40 Å². The molecule has 0 aromatic carbocycles. The van der Waals surface area contributed by atoms with E-state index >= 15 is 0 Å². The van der Waals surface area contributed by atoms with E-state index in [1.165, 1.54) is 4.31 Å². The minimum atomic E-state index is -3.25. The number of H-pyrrole nitrogens is 1. The number of aromatic amines is 1. The summed E-state index contributed by atoms with van der Waals surface area (Å²) in [5, 5.41) is 6.79. The number of carbonyl (C=O) groups is 1. The van der Waals surface area contributed by atoms with Crippen LogP contribution in [0.4, 0.5) is 0 Å². The fourth-order valence-corrected chi connectivity index (χ4v) is 5.25. The molecule has 0 aliphatic carbocycles. The van der Waals surface area contributed by atoms with E-state index in [0.717, 1.165) is 24.2 Å². The number of rotatable bonds is 6. The number of likely N-dealkylation sites (tertiary alicyclic amines) is 1. The molecule has 2 fully saturated rings. The first-order valence-corrected chi connectivity index (χ1v) is 11.5. The largest absolute Gasteiger partial charge is 0.492 e. The number of hydrogen-bond donors (Lipinski definition) is 1. The number of hydrogen-bond acceptors (Lipinski definition) is 6. The number of pyridine rings is 1. The summed E-state index contributed by atoms with van der Waals surface area (Å²) >= 11 is 0. The van der Waals surface area contributed by atoms with E-state index < -0.39 is 10.0 Å². The molecule has 1 N–H and O–H groups in total. The zero-order chi connectivity index (χ0) is 20.3. The van der Waals surface area contributed by atoms with Gasteiger partial charge in [-0.3, -0.25) is 14.9 Å². The standard InChI is InChI=1S/C19H25N5O4S/c25-19(13-24-9-2-10-29(24,26)27)23-8-1-3-15(12-23)14-28-16-4-5-17(20-11-16)18-6-7-21-22-18/h4-7,11,15H,1-3,8-10,12-14H2,(H,21,22)/t15-/m1/s1. The number of piperidine rings is 1. The van der Waals surface area contributed by atoms with E-state index in [4.69, 9.17) is 4.74 Å². The highest BCUT2D eigenvalue weighted by Crippen LogP contribution is 2.21. The summed E-state index contributed by atoms with van der Waals surface area (Å²) in [6.07, 6.45) is 5.82. The van der Waals surface area contributed by atoms with E-state index in [-0.39, 0.29) is 24.1 Å². The molecule has 9 nitrogen and oxygen atoms in total. The van der Waals surface area contributed by atoms with Gasteiger partial charge in [-0.15, -0.1) is 0 Å². The number of amides is 1. The van der Waals surface area contributed by atoms with Crippen LogP contribution in [0, 0.1) is 5.92 Å². The number of carbonyl (C=O) groups excluding carboxylic acids is 1. The first-order chi connectivity index (χ1) is 14.0. The maximum atomic E-state index is 12.6. The third-order valence-electron chi connectivity index (χ3n) is 5.39. The molecule has 29 heavy (non-hydrogen) atoms. The van der Waals surface area contributed by atoms with Crippen LogP contribution in [0.25, 0.3) is 11.4 Å². The molecule has 156 valence electrons. The monoisotopic (exact) mass is 419 g/mol. The van der Waals surface area contributed by atoms with Gasteiger partial charge in [-0.05, 0) is 37.5 Å². The van der Waals surface area contributed by atoms with E-state index in [0.29, 0.717) is 38.4 Å². The van der Waals surface area contributed by atoms with Crippen molar-refractivity contribution in [2.75, 3.05) is 38.5 Å². The molecule has 2 aliphatic rings. The van der Waals surface area contributed by atoms with Crippen LogP contribution >= 0.6 is 0 Å². The van der Waals surface area contributed by atoms with Crippen molar-refractivity contribution < 1.29 is 17.9 Å². The van der Waals surface area contributed by atoms with Gasteiger partial charge in [0.05, 0.1) is 36.5 Å². The average Bonchev–Trinajstić information content (AvgIpc) is 3.37. The second-order valence-corrected chi connectivity index (χ2v) is 9.60. The van der Waals surface area contributed by atoms with E-state index in [9.17, 15) is 13.2 Å². The molecular weight excluding hydrogens is 394 g/mol. The Labute approximate surface area is 170 Å². The lowest BCUT2D eigenvalue weighted by molar-refractivity contribution is -0.133. The average molecular weight is 420 g/mol. The lowest BCUT2D eigenvalue weighted by Gasteiger charge is -2.33. The minimum absolute atomic E-state index is 0.0467. The quantitative estimate of drug-likeness (QED) is 0.752. The van der Waals surface area contributed by atoms with Crippen LogP contribution in [0.2, 0.25) is 0 Å². The molecule has 2 saturated heterocycles. The predicted molar refractivity (Wildman–Crippen MR) is 107 cm³/mol. The molecule has 0 bridgehead atoms. The number of aromatic nitrogens is 3. The first kappa shape index (κ1) is 19.8. The van der Waals surface area contributed by atoms with Crippen LogP contribution in [0.5, 0.6) is 5.75 Å². The Balaban J connectivity index is 1.28. The highest BCUT2D eigenvalue weighted by Gasteiger charge is 2.32. The summed E-state index contributed by atoms with van der Waals surface area (Å²) in [4.78, 5) is 18.7. The summed E-state index contributed by atoms with van der Waals surface area (Å²) in [6.45, 7) is 2.15. The second kappa shape index (κ2) is 8.50. The molecule has 4 rings (SSSR count). The zero-order valence-electron chi connectivity index (χ0n) is 16.2. The van der Waals surface area contributed by atoms with Crippen LogP contribution in [-0.4, -0.2) is 77.3 Å². The second-order valence-electron chi connectivity index (χ2n) is 7.51. The lowest BCUT2D eigenvalue weighted by atomic mass is 9.99. The highest BCUT2D eigenvalue weighted by molar-refractivity contribution is 7.89. The van der Waals surface area contributed by atoms with Gasteiger partial charge in [-0.1, -0.05) is 0 Å². The SMILES string of the molecule is O=C(CN1CCCS1(=O)=O)N1CCC[C@@H](COc2ccc(-c3ccn[nH]3)nc2)C1. The topological polar surface area (TPSA) is 108 Å². The van der Waals surface area contributed by atoms with Crippen molar-refractivity contribution in [3.8, 4) is 17.1 Å². The normalized spacial score (nSPS) is 21.9. The third-order valence-corrected chi connectivity index (χ3v) is 7.29. The van der Waals surface area contributed by atoms with Gasteiger partial charge in [0.1, 0.15) is 5.75 Å². The van der Waals surface area contributed by atoms with Gasteiger partial charge in [0.25, 0.3) is 0 Å². The molecule has 1 amide bonds. The van der Waals surface area contributed by atoms with Gasteiger partial charge in [-0.25, -0.2) is 8.42 Å². The smallest absolute Gasteiger partial charge is 0.237 e. The number of nitrogens with zero attached hydrogens (tertiary/aromatic N) is 4. The van der Waals surface area contributed by atoms with E-state index in [1.54, 1.807) is 17.3 Å². The zero-order valence-corrected chi connectivity index (χ0v) is 17.0. The summed E-state index contributed by atoms with van der Waals surface area (Å²) in [7, 11) is -3.25. The summed E-state index contributed by atoms with van der Waals surface area (Å²) in [5.41, 5.74) is 1.64. The molecule has 0 radical (unpaired) electrons. The van der Waals surface area contributed by atoms with Crippen LogP contribution in [0.3, 0.4) is 0 Å². The van der Waals surface area contributed by atoms with Crippen molar-refractivity contribution in [2.45, 2.75) is 19.3 Å². The Hall–Kier alpha value is -2.46. The number of nitrogens with one attached hydrogen (secondary N) is 1. The Bertz CT molecular complexity index is 930. The van der Waals surface area contributed by atoms with Gasteiger partial charge >= 0.3 is 0 Å². The number of ether oxygens (including phenoxy) is 1. The van der Waals surface area contributed by atoms with Crippen LogP contribution in [0.15, 0.2) is 30.6 Å². The summed E-state index contributed by atoms with van der Waals surface area (Å²) in [5.74, 6) is 0.921. The summed E-state index contributed by atoms with van der Waals surface area (Å²) < 4.78 is 31.0. The van der Waals surface area contributed by atoms with Gasteiger partial charge < -0.3 is 9.64 Å². The molecule has 2 aromatic heterocycles. The van der Waals surface area contributed by atoms with Crippen molar-refractivity contribution in [2.24, 2.45) is 5.92 Å². The van der Waals surface area contributed by atoms with Crippen molar-refractivity contribution in [3.05, 3.63) is 30.6 Å². The molecular formula is C19H25N5O4S. The predicted octanol–water partition coefficient (Wildman–Crippen LogP) is 1.12. The maximum absolute atomic E-state index is 12.6. The Morgan fingerprint density at radius 3 is 2.83 bits per heavy atom. The van der Waals surface area contributed by atoms with Crippen LogP contribution < -0.4 is 4.74 Å². The Kier molecular flexibility index (Phi) is 5.81. The molecule has 2 aromatic rings.